The molecule has 88 valence electrons. The lowest BCUT2D eigenvalue weighted by Gasteiger charge is -2.29. The molecule has 1 saturated heterocycles. The van der Waals surface area contributed by atoms with Crippen LogP contribution in [0.25, 0.3) is 0 Å². The molecule has 1 aliphatic rings. The molecule has 0 radical (unpaired) electrons. The Morgan fingerprint density at radius 2 is 1.88 bits per heavy atom. The molecular weight excluding hydrogens is 290 g/mol. The quantitative estimate of drug-likeness (QED) is 0.862. The number of benzene rings is 1. The van der Waals surface area contributed by atoms with Gasteiger partial charge in [0.1, 0.15) is 0 Å². The van der Waals surface area contributed by atoms with Gasteiger partial charge in [0.15, 0.2) is 9.84 Å². The highest BCUT2D eigenvalue weighted by Crippen LogP contribution is 2.22. The van der Waals surface area contributed by atoms with Gasteiger partial charge in [0.25, 0.3) is 0 Å². The summed E-state index contributed by atoms with van der Waals surface area (Å²) in [7, 11) is -2.91. The average Bonchev–Trinajstić information content (AvgIpc) is 2.15. The second-order valence-electron chi connectivity index (χ2n) is 4.25. The first kappa shape index (κ1) is 12.1. The van der Waals surface area contributed by atoms with E-state index in [9.17, 15) is 8.42 Å². The van der Waals surface area contributed by atoms with Crippen molar-refractivity contribution in [3.8, 4) is 0 Å². The minimum atomic E-state index is -2.91. The van der Waals surface area contributed by atoms with E-state index in [1.807, 2.05) is 31.2 Å². The average molecular weight is 304 g/mol. The van der Waals surface area contributed by atoms with E-state index in [2.05, 4.69) is 21.2 Å². The summed E-state index contributed by atoms with van der Waals surface area (Å²) < 4.78 is 24.3. The fourth-order valence-electron chi connectivity index (χ4n) is 2.03. The molecule has 0 amide bonds. The maximum absolute atomic E-state index is 11.7. The van der Waals surface area contributed by atoms with Crippen molar-refractivity contribution in [3.05, 3.63) is 34.3 Å². The normalized spacial score (nSPS) is 28.9. The van der Waals surface area contributed by atoms with Crippen molar-refractivity contribution in [2.24, 2.45) is 0 Å². The lowest BCUT2D eigenvalue weighted by atomic mass is 10.1. The third-order valence-corrected chi connectivity index (χ3v) is 5.06. The van der Waals surface area contributed by atoms with E-state index in [-0.39, 0.29) is 23.6 Å². The second kappa shape index (κ2) is 4.47. The Bertz CT molecular complexity index is 469. The molecule has 5 heteroatoms. The standard InChI is InChI=1S/C11H14BrNO2S/c1-8-6-16(14,15)7-11(13-8)9-2-4-10(12)5-3-9/h2-5,8,11,13H,6-7H2,1H3. The summed E-state index contributed by atoms with van der Waals surface area (Å²) in [6.07, 6.45) is 0. The summed E-state index contributed by atoms with van der Waals surface area (Å²) in [5.74, 6) is 0.430. The van der Waals surface area contributed by atoms with Gasteiger partial charge in [-0.25, -0.2) is 8.42 Å². The third kappa shape index (κ3) is 2.84. The summed E-state index contributed by atoms with van der Waals surface area (Å²) >= 11 is 3.37. The first-order chi connectivity index (χ1) is 7.46. The number of rotatable bonds is 1. The Morgan fingerprint density at radius 3 is 2.44 bits per heavy atom. The molecule has 2 rings (SSSR count). The third-order valence-electron chi connectivity index (χ3n) is 2.68. The highest BCUT2D eigenvalue weighted by molar-refractivity contribution is 9.10. The van der Waals surface area contributed by atoms with Gasteiger partial charge in [-0.3, -0.25) is 0 Å². The number of halogens is 1. The van der Waals surface area contributed by atoms with Gasteiger partial charge in [0.05, 0.1) is 11.5 Å². The van der Waals surface area contributed by atoms with Crippen LogP contribution >= 0.6 is 15.9 Å². The fourth-order valence-corrected chi connectivity index (χ4v) is 4.09. The first-order valence-corrected chi connectivity index (χ1v) is 7.80. The molecule has 16 heavy (non-hydrogen) atoms. The second-order valence-corrected chi connectivity index (χ2v) is 7.32. The lowest BCUT2D eigenvalue weighted by Crippen LogP contribution is -2.45. The predicted molar refractivity (Wildman–Crippen MR) is 68.1 cm³/mol. The Balaban J connectivity index is 2.24. The molecule has 1 fully saturated rings. The SMILES string of the molecule is CC1CS(=O)(=O)CC(c2ccc(Br)cc2)N1. The number of hydrogen-bond donors (Lipinski definition) is 1. The highest BCUT2D eigenvalue weighted by Gasteiger charge is 2.29. The van der Waals surface area contributed by atoms with Crippen molar-refractivity contribution in [2.45, 2.75) is 19.0 Å². The summed E-state index contributed by atoms with van der Waals surface area (Å²) in [6, 6.07) is 7.71. The van der Waals surface area contributed by atoms with Crippen LogP contribution in [0.2, 0.25) is 0 Å². The molecule has 1 heterocycles. The Hall–Kier alpha value is -0.390. The maximum Gasteiger partial charge on any atom is 0.153 e. The van der Waals surface area contributed by atoms with Gasteiger partial charge >= 0.3 is 0 Å². The van der Waals surface area contributed by atoms with Crippen LogP contribution in [0.3, 0.4) is 0 Å². The van der Waals surface area contributed by atoms with Crippen molar-refractivity contribution in [2.75, 3.05) is 11.5 Å². The van der Waals surface area contributed by atoms with E-state index in [1.165, 1.54) is 0 Å². The topological polar surface area (TPSA) is 46.2 Å². The summed E-state index contributed by atoms with van der Waals surface area (Å²) in [5.41, 5.74) is 1.03. The zero-order valence-electron chi connectivity index (χ0n) is 8.98. The molecule has 1 N–H and O–H groups in total. The molecule has 0 bridgehead atoms. The minimum Gasteiger partial charge on any atom is -0.306 e. The Morgan fingerprint density at radius 1 is 1.25 bits per heavy atom. The maximum atomic E-state index is 11.7. The van der Waals surface area contributed by atoms with E-state index < -0.39 is 9.84 Å². The van der Waals surface area contributed by atoms with E-state index >= 15 is 0 Å². The Kier molecular flexibility index (Phi) is 3.37. The fraction of sp³-hybridized carbons (Fsp3) is 0.455. The summed E-state index contributed by atoms with van der Waals surface area (Å²) in [6.45, 7) is 1.91. The van der Waals surface area contributed by atoms with Gasteiger partial charge in [-0.05, 0) is 24.6 Å². The number of hydrogen-bond acceptors (Lipinski definition) is 3. The van der Waals surface area contributed by atoms with Crippen LogP contribution in [0.1, 0.15) is 18.5 Å². The van der Waals surface area contributed by atoms with Gasteiger partial charge in [-0.15, -0.1) is 0 Å². The van der Waals surface area contributed by atoms with Crippen molar-refractivity contribution in [1.29, 1.82) is 0 Å². The molecule has 0 aromatic heterocycles. The van der Waals surface area contributed by atoms with E-state index in [1.54, 1.807) is 0 Å². The van der Waals surface area contributed by atoms with Crippen molar-refractivity contribution >= 4 is 25.8 Å². The highest BCUT2D eigenvalue weighted by atomic mass is 79.9. The summed E-state index contributed by atoms with van der Waals surface area (Å²) in [4.78, 5) is 0. The molecule has 1 aromatic rings. The first-order valence-electron chi connectivity index (χ1n) is 5.18. The molecule has 2 atom stereocenters. The zero-order chi connectivity index (χ0) is 11.8. The molecule has 0 saturated carbocycles. The molecule has 1 aliphatic heterocycles. The van der Waals surface area contributed by atoms with Crippen LogP contribution in [0.5, 0.6) is 0 Å². The van der Waals surface area contributed by atoms with E-state index in [0.29, 0.717) is 0 Å². The number of sulfone groups is 1. The lowest BCUT2D eigenvalue weighted by molar-refractivity contribution is 0.468. The van der Waals surface area contributed by atoms with E-state index in [0.717, 1.165) is 10.0 Å². The van der Waals surface area contributed by atoms with Gasteiger partial charge < -0.3 is 5.32 Å². The van der Waals surface area contributed by atoms with Gasteiger partial charge in [0, 0.05) is 16.6 Å². The number of nitrogens with one attached hydrogen (secondary N) is 1. The van der Waals surface area contributed by atoms with Gasteiger partial charge in [-0.2, -0.15) is 0 Å². The monoisotopic (exact) mass is 303 g/mol. The molecule has 0 spiro atoms. The van der Waals surface area contributed by atoms with Crippen molar-refractivity contribution < 1.29 is 8.42 Å². The van der Waals surface area contributed by atoms with Crippen LogP contribution in [0.15, 0.2) is 28.7 Å². The molecular formula is C11H14BrNO2S. The molecule has 3 nitrogen and oxygen atoms in total. The molecule has 2 unspecified atom stereocenters. The summed E-state index contributed by atoms with van der Waals surface area (Å²) in [5, 5.41) is 3.31. The molecule has 1 aromatic carbocycles. The van der Waals surface area contributed by atoms with Gasteiger partial charge in [0.2, 0.25) is 0 Å². The largest absolute Gasteiger partial charge is 0.306 e. The minimum absolute atomic E-state index is 0.0207. The van der Waals surface area contributed by atoms with Crippen LogP contribution in [-0.2, 0) is 9.84 Å². The van der Waals surface area contributed by atoms with Crippen LogP contribution in [0, 0.1) is 0 Å². The Labute approximate surface area is 104 Å². The van der Waals surface area contributed by atoms with E-state index in [4.69, 9.17) is 0 Å². The molecule has 0 aliphatic carbocycles. The van der Waals surface area contributed by atoms with Gasteiger partial charge in [-0.1, -0.05) is 28.1 Å². The van der Waals surface area contributed by atoms with Crippen molar-refractivity contribution in [3.63, 3.8) is 0 Å². The zero-order valence-corrected chi connectivity index (χ0v) is 11.4. The smallest absolute Gasteiger partial charge is 0.153 e. The van der Waals surface area contributed by atoms with Crippen LogP contribution in [-0.4, -0.2) is 26.0 Å². The predicted octanol–water partition coefficient (Wildman–Crippen LogP) is 1.90. The van der Waals surface area contributed by atoms with Crippen molar-refractivity contribution in [1.82, 2.24) is 5.32 Å². The van der Waals surface area contributed by atoms with Crippen LogP contribution < -0.4 is 5.32 Å². The van der Waals surface area contributed by atoms with Crippen LogP contribution in [0.4, 0.5) is 0 Å².